The van der Waals surface area contributed by atoms with Crippen molar-refractivity contribution in [2.45, 2.75) is 50.7 Å². The number of nitrogens with one attached hydrogen (secondary N) is 3. The molecule has 3 unspecified atom stereocenters. The molecule has 1 aromatic carbocycles. The van der Waals surface area contributed by atoms with Crippen molar-refractivity contribution >= 4 is 23.4 Å². The number of hydrogen-bond acceptors (Lipinski definition) is 4. The Morgan fingerprint density at radius 1 is 1.35 bits per heavy atom. The summed E-state index contributed by atoms with van der Waals surface area (Å²) in [6.45, 7) is 0.905. The molecule has 142 valence electrons. The van der Waals surface area contributed by atoms with Gasteiger partial charge >= 0.3 is 0 Å². The summed E-state index contributed by atoms with van der Waals surface area (Å²) in [7, 11) is 1.66. The minimum absolute atomic E-state index is 0.00894. The minimum atomic E-state index is -0.333. The van der Waals surface area contributed by atoms with Gasteiger partial charge in [0.1, 0.15) is 6.04 Å². The third-order valence-electron chi connectivity index (χ3n) is 5.25. The number of benzene rings is 1. The maximum absolute atomic E-state index is 12.4. The van der Waals surface area contributed by atoms with Crippen molar-refractivity contribution in [1.29, 1.82) is 0 Å². The molecule has 0 saturated carbocycles. The van der Waals surface area contributed by atoms with Crippen LogP contribution in [-0.2, 0) is 16.0 Å². The number of hydrogen-bond donors (Lipinski definition) is 3. The second kappa shape index (κ2) is 8.84. The van der Waals surface area contributed by atoms with Gasteiger partial charge in [0.15, 0.2) is 0 Å². The fourth-order valence-electron chi connectivity index (χ4n) is 3.62. The number of carbonyl (C=O) groups excluding carboxylic acids is 2. The Kier molecular flexibility index (Phi) is 6.51. The number of halogens is 1. The molecule has 0 radical (unpaired) electrons. The molecule has 0 aromatic heterocycles. The van der Waals surface area contributed by atoms with Gasteiger partial charge in [0, 0.05) is 18.5 Å². The van der Waals surface area contributed by atoms with Crippen LogP contribution in [-0.4, -0.2) is 42.6 Å². The van der Waals surface area contributed by atoms with E-state index in [9.17, 15) is 9.59 Å². The molecule has 2 aliphatic rings. The highest BCUT2D eigenvalue weighted by Gasteiger charge is 2.30. The summed E-state index contributed by atoms with van der Waals surface area (Å²) in [6.07, 6.45) is 5.12. The van der Waals surface area contributed by atoms with Crippen LogP contribution in [0.5, 0.6) is 0 Å². The highest BCUT2D eigenvalue weighted by atomic mass is 35.5. The minimum Gasteiger partial charge on any atom is -0.339 e. The van der Waals surface area contributed by atoms with Gasteiger partial charge in [-0.15, -0.1) is 0 Å². The molecule has 2 fully saturated rings. The molecule has 26 heavy (non-hydrogen) atoms. The molecule has 3 N–H and O–H groups in total. The maximum atomic E-state index is 12.4. The number of carbonyl (C=O) groups is 2. The molecular formula is C19H27ClN4O2. The number of piperidine rings is 1. The lowest BCUT2D eigenvalue weighted by atomic mass is 9.91. The largest absolute Gasteiger partial charge is 0.339 e. The van der Waals surface area contributed by atoms with Crippen molar-refractivity contribution in [3.05, 3.63) is 34.9 Å². The zero-order valence-corrected chi connectivity index (χ0v) is 15.9. The average molecular weight is 379 g/mol. The van der Waals surface area contributed by atoms with Gasteiger partial charge in [-0.05, 0) is 62.3 Å². The maximum Gasteiger partial charge on any atom is 0.240 e. The average Bonchev–Trinajstić information content (AvgIpc) is 2.63. The Bertz CT molecular complexity index is 646. The fourth-order valence-corrected chi connectivity index (χ4v) is 3.83. The highest BCUT2D eigenvalue weighted by Crippen LogP contribution is 2.20. The standard InChI is InChI=1S/C19H27ClN4O2/c1-24-18(25)10-8-16(23-24)19(26)22-17-9-7-14(12-21-17)6-5-13-3-2-4-15(20)11-13/h2-4,11,14,16-17,21,23H,5-10,12H2,1H3,(H,22,26). The van der Waals surface area contributed by atoms with E-state index in [-0.39, 0.29) is 24.0 Å². The molecule has 7 heteroatoms. The summed E-state index contributed by atoms with van der Waals surface area (Å²) in [5, 5.41) is 8.70. The van der Waals surface area contributed by atoms with Crippen LogP contribution < -0.4 is 16.1 Å². The van der Waals surface area contributed by atoms with Crippen LogP contribution in [0.1, 0.15) is 37.7 Å². The topological polar surface area (TPSA) is 73.5 Å². The second-order valence-electron chi connectivity index (χ2n) is 7.25. The van der Waals surface area contributed by atoms with E-state index in [0.29, 0.717) is 18.8 Å². The predicted molar refractivity (Wildman–Crippen MR) is 101 cm³/mol. The normalized spacial score (nSPS) is 26.6. The molecular weight excluding hydrogens is 352 g/mol. The van der Waals surface area contributed by atoms with E-state index >= 15 is 0 Å². The highest BCUT2D eigenvalue weighted by molar-refractivity contribution is 6.30. The van der Waals surface area contributed by atoms with E-state index in [1.165, 1.54) is 10.6 Å². The molecule has 2 saturated heterocycles. The molecule has 3 atom stereocenters. The van der Waals surface area contributed by atoms with Crippen molar-refractivity contribution in [3.63, 3.8) is 0 Å². The van der Waals surface area contributed by atoms with Crippen molar-refractivity contribution in [2.24, 2.45) is 5.92 Å². The molecule has 1 aromatic rings. The first-order valence-corrected chi connectivity index (χ1v) is 9.70. The third-order valence-corrected chi connectivity index (χ3v) is 5.49. The molecule has 2 heterocycles. The van der Waals surface area contributed by atoms with E-state index in [1.807, 2.05) is 18.2 Å². The van der Waals surface area contributed by atoms with E-state index < -0.39 is 0 Å². The molecule has 0 spiro atoms. The zero-order valence-electron chi connectivity index (χ0n) is 15.1. The van der Waals surface area contributed by atoms with E-state index in [2.05, 4.69) is 22.1 Å². The smallest absolute Gasteiger partial charge is 0.240 e. The van der Waals surface area contributed by atoms with Crippen molar-refractivity contribution in [1.82, 2.24) is 21.1 Å². The lowest BCUT2D eigenvalue weighted by Crippen LogP contribution is -2.59. The van der Waals surface area contributed by atoms with Gasteiger partial charge in [-0.1, -0.05) is 23.7 Å². The molecule has 0 bridgehead atoms. The van der Waals surface area contributed by atoms with Crippen molar-refractivity contribution in [2.75, 3.05) is 13.6 Å². The lowest BCUT2D eigenvalue weighted by molar-refractivity contribution is -0.140. The number of rotatable bonds is 5. The summed E-state index contributed by atoms with van der Waals surface area (Å²) in [4.78, 5) is 23.9. The summed E-state index contributed by atoms with van der Waals surface area (Å²) >= 11 is 6.04. The van der Waals surface area contributed by atoms with Crippen LogP contribution in [0.3, 0.4) is 0 Å². The van der Waals surface area contributed by atoms with Crippen LogP contribution in [0, 0.1) is 5.92 Å². The molecule has 3 rings (SSSR count). The van der Waals surface area contributed by atoms with Gasteiger partial charge in [0.2, 0.25) is 11.8 Å². The van der Waals surface area contributed by atoms with E-state index in [4.69, 9.17) is 11.6 Å². The van der Waals surface area contributed by atoms with Crippen molar-refractivity contribution in [3.8, 4) is 0 Å². The summed E-state index contributed by atoms with van der Waals surface area (Å²) in [5.74, 6) is 0.588. The van der Waals surface area contributed by atoms with Crippen LogP contribution >= 0.6 is 11.6 Å². The van der Waals surface area contributed by atoms with E-state index in [0.717, 1.165) is 37.3 Å². The Hall–Kier alpha value is -1.63. The van der Waals surface area contributed by atoms with Gasteiger partial charge in [-0.3, -0.25) is 19.9 Å². The quantitative estimate of drug-likeness (QED) is 0.731. The number of aryl methyl sites for hydroxylation is 1. The van der Waals surface area contributed by atoms with Crippen LogP contribution in [0.25, 0.3) is 0 Å². The van der Waals surface area contributed by atoms with Crippen LogP contribution in [0.2, 0.25) is 5.02 Å². The van der Waals surface area contributed by atoms with Crippen LogP contribution in [0.15, 0.2) is 24.3 Å². The van der Waals surface area contributed by atoms with Gasteiger partial charge < -0.3 is 5.32 Å². The Labute approximate surface area is 159 Å². The summed E-state index contributed by atoms with van der Waals surface area (Å²) < 4.78 is 0. The summed E-state index contributed by atoms with van der Waals surface area (Å²) in [6, 6.07) is 7.70. The Morgan fingerprint density at radius 3 is 2.88 bits per heavy atom. The molecule has 2 aliphatic heterocycles. The molecule has 2 amide bonds. The number of amides is 2. The Morgan fingerprint density at radius 2 is 2.19 bits per heavy atom. The number of nitrogens with zero attached hydrogens (tertiary/aromatic N) is 1. The Balaban J connectivity index is 1.38. The van der Waals surface area contributed by atoms with Crippen molar-refractivity contribution < 1.29 is 9.59 Å². The third kappa shape index (κ3) is 5.19. The van der Waals surface area contributed by atoms with Gasteiger partial charge in [-0.25, -0.2) is 5.43 Å². The molecule has 6 nitrogen and oxygen atoms in total. The van der Waals surface area contributed by atoms with Crippen LogP contribution in [0.4, 0.5) is 0 Å². The zero-order chi connectivity index (χ0) is 18.5. The van der Waals surface area contributed by atoms with Gasteiger partial charge in [-0.2, -0.15) is 0 Å². The van der Waals surface area contributed by atoms with Gasteiger partial charge in [0.25, 0.3) is 0 Å². The monoisotopic (exact) mass is 378 g/mol. The lowest BCUT2D eigenvalue weighted by Gasteiger charge is -2.34. The first kappa shape index (κ1) is 19.1. The SMILES string of the molecule is CN1NC(C(=O)NC2CCC(CCc3cccc(Cl)c3)CN2)CCC1=O. The first-order chi connectivity index (χ1) is 12.5. The fraction of sp³-hybridized carbons (Fsp3) is 0.579. The number of hydrazine groups is 1. The predicted octanol–water partition coefficient (Wildman–Crippen LogP) is 1.84. The van der Waals surface area contributed by atoms with Gasteiger partial charge in [0.05, 0.1) is 6.17 Å². The van der Waals surface area contributed by atoms with E-state index in [1.54, 1.807) is 7.05 Å². The summed E-state index contributed by atoms with van der Waals surface area (Å²) in [5.41, 5.74) is 4.21. The molecule has 0 aliphatic carbocycles. The second-order valence-corrected chi connectivity index (χ2v) is 7.69. The first-order valence-electron chi connectivity index (χ1n) is 9.32.